The van der Waals surface area contributed by atoms with Crippen molar-refractivity contribution in [3.63, 3.8) is 0 Å². The zero-order valence-electron chi connectivity index (χ0n) is 17.3. The zero-order chi connectivity index (χ0) is 22.5. The molecule has 0 aliphatic heterocycles. The number of rotatable bonds is 6. The van der Waals surface area contributed by atoms with Gasteiger partial charge in [-0.15, -0.1) is 0 Å². The Morgan fingerprint density at radius 1 is 1.29 bits per heavy atom. The molecule has 2 aromatic heterocycles. The van der Waals surface area contributed by atoms with E-state index in [-0.39, 0.29) is 18.3 Å². The van der Waals surface area contributed by atoms with Gasteiger partial charge in [-0.2, -0.15) is 9.65 Å². The fourth-order valence-electron chi connectivity index (χ4n) is 3.23. The lowest BCUT2D eigenvalue weighted by molar-refractivity contribution is 0.409. The van der Waals surface area contributed by atoms with Crippen molar-refractivity contribution in [2.24, 2.45) is 0 Å². The summed E-state index contributed by atoms with van der Waals surface area (Å²) in [6.45, 7) is 5.48. The van der Waals surface area contributed by atoms with Gasteiger partial charge in [-0.05, 0) is 59.9 Å². The molecular weight excluding hydrogens is 399 g/mol. The van der Waals surface area contributed by atoms with E-state index >= 15 is 0 Å². The van der Waals surface area contributed by atoms with Crippen LogP contribution in [0.1, 0.15) is 42.0 Å². The first-order valence-corrected chi connectivity index (χ1v) is 9.61. The number of halogens is 1. The molecule has 0 amide bonds. The maximum absolute atomic E-state index is 13.6. The standard InChI is InChI=1S/C23H21FN4O3/c1-14(2)20-21(29)27-23(30)28(13-17-6-8-26-19(24)12-17)22(20)31-18-10-15(3)9-16(11-18)5-4-7-25/h4-6,8-12,14H,13H2,1-3H3,(H,27,29,30)/b5-4+. The van der Waals surface area contributed by atoms with Crippen molar-refractivity contribution in [1.29, 1.82) is 5.26 Å². The highest BCUT2D eigenvalue weighted by atomic mass is 19.1. The molecule has 31 heavy (non-hydrogen) atoms. The Bertz CT molecular complexity index is 1300. The van der Waals surface area contributed by atoms with Crippen molar-refractivity contribution in [3.8, 4) is 17.7 Å². The summed E-state index contributed by atoms with van der Waals surface area (Å²) in [5, 5.41) is 8.78. The van der Waals surface area contributed by atoms with E-state index in [1.807, 2.05) is 32.9 Å². The van der Waals surface area contributed by atoms with Gasteiger partial charge in [0.2, 0.25) is 11.8 Å². The number of H-pyrrole nitrogens is 1. The fraction of sp³-hybridized carbons (Fsp3) is 0.217. The molecular formula is C23H21FN4O3. The number of aromatic amines is 1. The third-order valence-electron chi connectivity index (χ3n) is 4.53. The Morgan fingerprint density at radius 2 is 2.06 bits per heavy atom. The molecule has 158 valence electrons. The third-order valence-corrected chi connectivity index (χ3v) is 4.53. The minimum atomic E-state index is -0.672. The number of nitriles is 1. The summed E-state index contributed by atoms with van der Waals surface area (Å²) in [6, 6.07) is 10.1. The number of hydrogen-bond acceptors (Lipinski definition) is 5. The summed E-state index contributed by atoms with van der Waals surface area (Å²) in [6.07, 6.45) is 4.28. The number of nitrogens with zero attached hydrogens (tertiary/aromatic N) is 3. The quantitative estimate of drug-likeness (QED) is 0.482. The van der Waals surface area contributed by atoms with Crippen LogP contribution in [-0.4, -0.2) is 14.5 Å². The van der Waals surface area contributed by atoms with Crippen LogP contribution in [-0.2, 0) is 6.54 Å². The van der Waals surface area contributed by atoms with E-state index < -0.39 is 17.2 Å². The van der Waals surface area contributed by atoms with Crippen LogP contribution in [0.2, 0.25) is 0 Å². The molecule has 0 aliphatic carbocycles. The Kier molecular flexibility index (Phi) is 6.46. The van der Waals surface area contributed by atoms with Crippen LogP contribution in [0.15, 0.2) is 52.2 Å². The second-order valence-corrected chi connectivity index (χ2v) is 7.35. The molecule has 3 aromatic rings. The molecule has 7 nitrogen and oxygen atoms in total. The summed E-state index contributed by atoms with van der Waals surface area (Å²) in [5.74, 6) is -0.433. The Balaban J connectivity index is 2.17. The number of aromatic nitrogens is 3. The normalized spacial score (nSPS) is 11.1. The van der Waals surface area contributed by atoms with Crippen molar-refractivity contribution in [2.75, 3.05) is 0 Å². The number of ether oxygens (including phenoxy) is 1. The van der Waals surface area contributed by atoms with E-state index in [0.29, 0.717) is 16.9 Å². The predicted octanol–water partition coefficient (Wildman–Crippen LogP) is 3.88. The van der Waals surface area contributed by atoms with Crippen LogP contribution in [0.4, 0.5) is 4.39 Å². The Morgan fingerprint density at radius 3 is 2.74 bits per heavy atom. The van der Waals surface area contributed by atoms with E-state index in [1.54, 1.807) is 24.3 Å². The monoisotopic (exact) mass is 420 g/mol. The van der Waals surface area contributed by atoms with Crippen LogP contribution in [0.5, 0.6) is 11.6 Å². The van der Waals surface area contributed by atoms with E-state index in [1.165, 1.54) is 22.9 Å². The molecule has 3 rings (SSSR count). The van der Waals surface area contributed by atoms with Crippen molar-refractivity contribution in [2.45, 2.75) is 33.2 Å². The number of aryl methyl sites for hydroxylation is 1. The minimum absolute atomic E-state index is 0.0168. The molecule has 0 spiro atoms. The summed E-state index contributed by atoms with van der Waals surface area (Å²) < 4.78 is 20.9. The second kappa shape index (κ2) is 9.22. The maximum Gasteiger partial charge on any atom is 0.331 e. The number of nitrogens with one attached hydrogen (secondary N) is 1. The first-order chi connectivity index (χ1) is 14.8. The van der Waals surface area contributed by atoms with E-state index in [2.05, 4.69) is 9.97 Å². The summed E-state index contributed by atoms with van der Waals surface area (Å²) >= 11 is 0. The average Bonchev–Trinajstić information content (AvgIpc) is 2.68. The van der Waals surface area contributed by atoms with Crippen molar-refractivity contribution >= 4 is 6.08 Å². The minimum Gasteiger partial charge on any atom is -0.440 e. The molecule has 0 saturated heterocycles. The summed E-state index contributed by atoms with van der Waals surface area (Å²) in [4.78, 5) is 31.1. The molecule has 0 aliphatic rings. The van der Waals surface area contributed by atoms with Gasteiger partial charge < -0.3 is 4.74 Å². The summed E-state index contributed by atoms with van der Waals surface area (Å²) in [7, 11) is 0. The number of pyridine rings is 1. The highest BCUT2D eigenvalue weighted by Gasteiger charge is 2.20. The first kappa shape index (κ1) is 21.7. The van der Waals surface area contributed by atoms with Gasteiger partial charge in [0.1, 0.15) is 5.75 Å². The van der Waals surface area contributed by atoms with Gasteiger partial charge in [0.05, 0.1) is 18.2 Å². The Labute approximate surface area is 178 Å². The van der Waals surface area contributed by atoms with Gasteiger partial charge in [0.15, 0.2) is 0 Å². The first-order valence-electron chi connectivity index (χ1n) is 9.61. The van der Waals surface area contributed by atoms with Crippen molar-refractivity contribution in [3.05, 3.63) is 91.6 Å². The molecule has 0 radical (unpaired) electrons. The van der Waals surface area contributed by atoms with Crippen LogP contribution >= 0.6 is 0 Å². The topological polar surface area (TPSA) is 101 Å². The van der Waals surface area contributed by atoms with Gasteiger partial charge in [0.25, 0.3) is 5.56 Å². The predicted molar refractivity (Wildman–Crippen MR) is 115 cm³/mol. The zero-order valence-corrected chi connectivity index (χ0v) is 17.3. The molecule has 0 atom stereocenters. The highest BCUT2D eigenvalue weighted by molar-refractivity contribution is 5.55. The lowest BCUT2D eigenvalue weighted by atomic mass is 10.1. The van der Waals surface area contributed by atoms with Crippen molar-refractivity contribution in [1.82, 2.24) is 14.5 Å². The van der Waals surface area contributed by atoms with Gasteiger partial charge in [-0.3, -0.25) is 14.3 Å². The fourth-order valence-corrected chi connectivity index (χ4v) is 3.23. The van der Waals surface area contributed by atoms with Gasteiger partial charge >= 0.3 is 5.69 Å². The van der Waals surface area contributed by atoms with Gasteiger partial charge in [0, 0.05) is 12.3 Å². The molecule has 1 aromatic carbocycles. The molecule has 0 unspecified atom stereocenters. The third kappa shape index (κ3) is 5.14. The van der Waals surface area contributed by atoms with E-state index in [9.17, 15) is 14.0 Å². The van der Waals surface area contributed by atoms with Gasteiger partial charge in [-0.1, -0.05) is 19.9 Å². The molecule has 8 heteroatoms. The van der Waals surface area contributed by atoms with Crippen molar-refractivity contribution < 1.29 is 9.13 Å². The SMILES string of the molecule is Cc1cc(/C=C/C#N)cc(Oc2c(C(C)C)c(=O)[nH]c(=O)n2Cc2ccnc(F)c2)c1. The van der Waals surface area contributed by atoms with Crippen LogP contribution in [0, 0.1) is 24.2 Å². The number of benzene rings is 1. The van der Waals surface area contributed by atoms with Crippen LogP contribution in [0.3, 0.4) is 0 Å². The van der Waals surface area contributed by atoms with Crippen LogP contribution < -0.4 is 16.0 Å². The van der Waals surface area contributed by atoms with E-state index in [0.717, 1.165) is 11.1 Å². The lowest BCUT2D eigenvalue weighted by Crippen LogP contribution is -2.34. The molecule has 2 heterocycles. The smallest absolute Gasteiger partial charge is 0.331 e. The van der Waals surface area contributed by atoms with E-state index in [4.69, 9.17) is 10.00 Å². The second-order valence-electron chi connectivity index (χ2n) is 7.35. The number of allylic oxidation sites excluding steroid dienone is 1. The molecule has 0 saturated carbocycles. The number of hydrogen-bond donors (Lipinski definition) is 1. The summed E-state index contributed by atoms with van der Waals surface area (Å²) in [5.41, 5.74) is 1.19. The van der Waals surface area contributed by atoms with Gasteiger partial charge in [-0.25, -0.2) is 9.78 Å². The molecule has 0 bridgehead atoms. The Hall–Kier alpha value is -3.99. The maximum atomic E-state index is 13.6. The average molecular weight is 420 g/mol. The highest BCUT2D eigenvalue weighted by Crippen LogP contribution is 2.29. The largest absolute Gasteiger partial charge is 0.440 e. The molecule has 1 N–H and O–H groups in total. The lowest BCUT2D eigenvalue weighted by Gasteiger charge is -2.19. The van der Waals surface area contributed by atoms with Crippen LogP contribution in [0.25, 0.3) is 6.08 Å². The molecule has 0 fully saturated rings.